The molecule has 1 aromatic carbocycles. The summed E-state index contributed by atoms with van der Waals surface area (Å²) in [5.74, 6) is 5.67. The van der Waals surface area contributed by atoms with Crippen LogP contribution in [0.25, 0.3) is 0 Å². The summed E-state index contributed by atoms with van der Waals surface area (Å²) < 4.78 is 30.9. The summed E-state index contributed by atoms with van der Waals surface area (Å²) in [5.41, 5.74) is 2.93. The molecule has 0 fully saturated rings. The van der Waals surface area contributed by atoms with Gasteiger partial charge < -0.3 is 10.1 Å². The number of ether oxygens (including phenoxy) is 1. The Morgan fingerprint density at radius 2 is 2.05 bits per heavy atom. The molecular weight excluding hydrogens is 274 g/mol. The average molecular weight is 291 g/mol. The second kappa shape index (κ2) is 8.29. The normalized spacial score (nSPS) is 9.89. The van der Waals surface area contributed by atoms with Crippen molar-refractivity contribution in [3.05, 3.63) is 29.8 Å². The Labute approximate surface area is 111 Å². The minimum Gasteiger partial charge on any atom is -0.497 e. The minimum absolute atomic E-state index is 0.409. The van der Waals surface area contributed by atoms with Crippen molar-refractivity contribution < 1.29 is 22.5 Å². The number of nitrogens with two attached hydrogens (primary N) is 1. The third-order valence-electron chi connectivity index (χ3n) is 1.72. The van der Waals surface area contributed by atoms with Gasteiger partial charge in [-0.3, -0.25) is 9.98 Å². The van der Waals surface area contributed by atoms with Gasteiger partial charge in [0.25, 0.3) is 10.1 Å². The van der Waals surface area contributed by atoms with Crippen LogP contribution in [0.4, 0.5) is 4.79 Å². The molecule has 0 aliphatic rings. The molecule has 5 N–H and O–H groups in total. The highest BCUT2D eigenvalue weighted by Crippen LogP contribution is 2.11. The van der Waals surface area contributed by atoms with E-state index in [9.17, 15) is 13.2 Å². The molecule has 0 saturated heterocycles. The van der Waals surface area contributed by atoms with Gasteiger partial charge in [-0.1, -0.05) is 12.1 Å². The first-order valence-corrected chi connectivity index (χ1v) is 6.91. The van der Waals surface area contributed by atoms with Crippen molar-refractivity contribution in [2.45, 2.75) is 6.54 Å². The van der Waals surface area contributed by atoms with Crippen LogP contribution in [0.2, 0.25) is 0 Å². The smallest absolute Gasteiger partial charge is 0.329 e. The van der Waals surface area contributed by atoms with Crippen LogP contribution in [-0.4, -0.2) is 32.4 Å². The molecule has 0 radical (unpaired) electrons. The summed E-state index contributed by atoms with van der Waals surface area (Å²) >= 11 is 0. The number of hydrogen-bond acceptors (Lipinski definition) is 5. The lowest BCUT2D eigenvalue weighted by molar-refractivity contribution is 0.240. The Hall–Kier alpha value is -1.84. The zero-order valence-corrected chi connectivity index (χ0v) is 11.4. The Morgan fingerprint density at radius 1 is 1.47 bits per heavy atom. The number of urea groups is 1. The first kappa shape index (κ1) is 17.2. The van der Waals surface area contributed by atoms with Gasteiger partial charge in [-0.25, -0.2) is 10.6 Å². The van der Waals surface area contributed by atoms with Crippen molar-refractivity contribution in [1.29, 1.82) is 0 Å². The summed E-state index contributed by atoms with van der Waals surface area (Å²) in [5, 5.41) is 2.57. The maximum Gasteiger partial charge on any atom is 0.329 e. The van der Waals surface area contributed by atoms with Crippen LogP contribution in [0.5, 0.6) is 5.75 Å². The van der Waals surface area contributed by atoms with Gasteiger partial charge in [0.15, 0.2) is 0 Å². The lowest BCUT2D eigenvalue weighted by Gasteiger charge is -2.05. The third-order valence-corrected chi connectivity index (χ3v) is 1.72. The molecule has 0 aliphatic carbocycles. The van der Waals surface area contributed by atoms with Crippen LogP contribution in [-0.2, 0) is 16.7 Å². The van der Waals surface area contributed by atoms with Gasteiger partial charge >= 0.3 is 6.03 Å². The predicted molar refractivity (Wildman–Crippen MR) is 70.0 cm³/mol. The largest absolute Gasteiger partial charge is 0.497 e. The maximum atomic E-state index is 10.8. The molecule has 0 spiro atoms. The molecule has 0 saturated carbocycles. The van der Waals surface area contributed by atoms with E-state index in [0.29, 0.717) is 12.8 Å². The van der Waals surface area contributed by atoms with Crippen LogP contribution in [0.1, 0.15) is 5.56 Å². The molecular formula is C10H17N3O5S. The molecule has 2 amide bonds. The number of benzene rings is 1. The zero-order chi connectivity index (χ0) is 14.9. The second-order valence-corrected chi connectivity index (χ2v) is 4.88. The van der Waals surface area contributed by atoms with Gasteiger partial charge in [-0.05, 0) is 17.7 Å². The van der Waals surface area contributed by atoms with Crippen LogP contribution in [0.3, 0.4) is 0 Å². The van der Waals surface area contributed by atoms with Crippen molar-refractivity contribution in [1.82, 2.24) is 10.7 Å². The topological polar surface area (TPSA) is 131 Å². The van der Waals surface area contributed by atoms with Crippen molar-refractivity contribution in [2.24, 2.45) is 5.84 Å². The second-order valence-electron chi connectivity index (χ2n) is 3.41. The van der Waals surface area contributed by atoms with Crippen LogP contribution in [0.15, 0.2) is 24.3 Å². The Bertz CT molecular complexity index is 496. The summed E-state index contributed by atoms with van der Waals surface area (Å²) in [7, 11) is -2.07. The summed E-state index contributed by atoms with van der Waals surface area (Å²) in [6.07, 6.45) is 0.715. The van der Waals surface area contributed by atoms with Gasteiger partial charge in [-0.15, -0.1) is 0 Å². The van der Waals surface area contributed by atoms with E-state index in [1.165, 1.54) is 0 Å². The number of rotatable bonds is 3. The van der Waals surface area contributed by atoms with E-state index in [0.717, 1.165) is 11.3 Å². The average Bonchev–Trinajstić information content (AvgIpc) is 2.34. The van der Waals surface area contributed by atoms with Gasteiger partial charge in [0.05, 0.1) is 13.4 Å². The molecule has 0 aromatic heterocycles. The number of methoxy groups -OCH3 is 1. The number of nitrogens with one attached hydrogen (secondary N) is 2. The van der Waals surface area contributed by atoms with Gasteiger partial charge in [0.2, 0.25) is 0 Å². The van der Waals surface area contributed by atoms with Crippen molar-refractivity contribution >= 4 is 16.1 Å². The highest BCUT2D eigenvalue weighted by Gasteiger charge is 1.98. The SMILES string of the molecule is COc1cccc(CNC(=O)NN)c1.CS(=O)(=O)O. The molecule has 108 valence electrons. The number of carbonyl (C=O) groups excluding carboxylic acids is 1. The van der Waals surface area contributed by atoms with Crippen molar-refractivity contribution in [3.8, 4) is 5.75 Å². The molecule has 1 rings (SSSR count). The summed E-state index contributed by atoms with van der Waals surface area (Å²) in [4.78, 5) is 10.8. The maximum absolute atomic E-state index is 10.8. The molecule has 0 aliphatic heterocycles. The van der Waals surface area contributed by atoms with Gasteiger partial charge in [0, 0.05) is 6.54 Å². The quantitative estimate of drug-likeness (QED) is 0.265. The number of hydrogen-bond donors (Lipinski definition) is 4. The van der Waals surface area contributed by atoms with E-state index in [1.54, 1.807) is 7.11 Å². The highest BCUT2D eigenvalue weighted by atomic mass is 32.2. The Balaban J connectivity index is 0.000000555. The highest BCUT2D eigenvalue weighted by molar-refractivity contribution is 7.85. The predicted octanol–water partition coefficient (Wildman–Crippen LogP) is -0.128. The molecule has 0 heterocycles. The fraction of sp³-hybridized carbons (Fsp3) is 0.300. The van der Waals surface area contributed by atoms with E-state index in [-0.39, 0.29) is 0 Å². The molecule has 19 heavy (non-hydrogen) atoms. The van der Waals surface area contributed by atoms with E-state index in [1.807, 2.05) is 29.7 Å². The first-order valence-electron chi connectivity index (χ1n) is 5.06. The third kappa shape index (κ3) is 11.0. The fourth-order valence-electron chi connectivity index (χ4n) is 1.02. The van der Waals surface area contributed by atoms with E-state index >= 15 is 0 Å². The molecule has 0 bridgehead atoms. The van der Waals surface area contributed by atoms with E-state index < -0.39 is 16.1 Å². The van der Waals surface area contributed by atoms with E-state index in [2.05, 4.69) is 5.32 Å². The molecule has 8 nitrogen and oxygen atoms in total. The van der Waals surface area contributed by atoms with Crippen LogP contribution in [0, 0.1) is 0 Å². The Kier molecular flexibility index (Phi) is 7.49. The Morgan fingerprint density at radius 3 is 2.53 bits per heavy atom. The summed E-state index contributed by atoms with van der Waals surface area (Å²) in [6, 6.07) is 7.02. The van der Waals surface area contributed by atoms with Crippen LogP contribution >= 0.6 is 0 Å². The molecule has 0 atom stereocenters. The molecule has 0 unspecified atom stereocenters. The zero-order valence-electron chi connectivity index (χ0n) is 10.6. The van der Waals surface area contributed by atoms with Crippen molar-refractivity contribution in [2.75, 3.05) is 13.4 Å². The van der Waals surface area contributed by atoms with Crippen molar-refractivity contribution in [3.63, 3.8) is 0 Å². The minimum atomic E-state index is -3.67. The standard InChI is InChI=1S/C9H13N3O2.CH4O3S/c1-14-8-4-2-3-7(5-8)6-11-9(13)12-10;1-5(2,3)4/h2-5H,6,10H2,1H3,(H2,11,12,13);1H3,(H,2,3,4). The molecule has 1 aromatic rings. The lowest BCUT2D eigenvalue weighted by atomic mass is 10.2. The first-order chi connectivity index (χ1) is 8.76. The van der Waals surface area contributed by atoms with Gasteiger partial charge in [-0.2, -0.15) is 8.42 Å². The summed E-state index contributed by atoms with van der Waals surface area (Å²) in [6.45, 7) is 0.417. The number of amides is 2. The van der Waals surface area contributed by atoms with Crippen LogP contribution < -0.4 is 21.3 Å². The number of carbonyl (C=O) groups is 1. The molecule has 9 heteroatoms. The van der Waals surface area contributed by atoms with E-state index in [4.69, 9.17) is 15.1 Å². The monoisotopic (exact) mass is 291 g/mol. The lowest BCUT2D eigenvalue weighted by Crippen LogP contribution is -2.39. The number of hydrazine groups is 1. The van der Waals surface area contributed by atoms with Gasteiger partial charge in [0.1, 0.15) is 5.75 Å². The fourth-order valence-corrected chi connectivity index (χ4v) is 1.02.